The van der Waals surface area contributed by atoms with Crippen LogP contribution in [0.5, 0.6) is 0 Å². The topological polar surface area (TPSA) is 38.5 Å². The van der Waals surface area contributed by atoms with Crippen LogP contribution in [-0.2, 0) is 13.5 Å². The summed E-state index contributed by atoms with van der Waals surface area (Å²) in [6.45, 7) is 4.00. The number of rotatable bonds is 3. The minimum Gasteiger partial charge on any atom is -0.328 e. The lowest BCUT2D eigenvalue weighted by molar-refractivity contribution is 0.553. The Labute approximate surface area is 127 Å². The maximum absolute atomic E-state index is 14.1. The molecule has 4 nitrogen and oxygen atoms in total. The first-order valence-electron chi connectivity index (χ1n) is 6.95. The van der Waals surface area contributed by atoms with Crippen LogP contribution in [0.4, 0.5) is 4.39 Å². The van der Waals surface area contributed by atoms with Gasteiger partial charge in [0, 0.05) is 12.6 Å². The summed E-state index contributed by atoms with van der Waals surface area (Å²) in [5, 5.41) is 4.49. The van der Waals surface area contributed by atoms with Gasteiger partial charge in [0.05, 0.1) is 11.7 Å². The van der Waals surface area contributed by atoms with E-state index in [4.69, 9.17) is 12.2 Å². The molecule has 2 aromatic heterocycles. The van der Waals surface area contributed by atoms with Crippen molar-refractivity contribution in [1.29, 1.82) is 0 Å². The molecule has 2 heterocycles. The Morgan fingerprint density at radius 1 is 1.38 bits per heavy atom. The predicted molar refractivity (Wildman–Crippen MR) is 83.5 cm³/mol. The molecule has 0 aliphatic rings. The summed E-state index contributed by atoms with van der Waals surface area (Å²) in [6, 6.07) is 6.59. The third kappa shape index (κ3) is 2.10. The van der Waals surface area contributed by atoms with Gasteiger partial charge in [-0.2, -0.15) is 5.10 Å². The maximum atomic E-state index is 14.1. The highest BCUT2D eigenvalue weighted by Gasteiger charge is 2.20. The second-order valence-electron chi connectivity index (χ2n) is 5.12. The highest BCUT2D eigenvalue weighted by Crippen LogP contribution is 2.27. The number of H-pyrrole nitrogens is 1. The van der Waals surface area contributed by atoms with E-state index >= 15 is 0 Å². The number of hydrogen-bond acceptors (Lipinski definition) is 2. The highest BCUT2D eigenvalue weighted by molar-refractivity contribution is 7.71. The van der Waals surface area contributed by atoms with Crippen molar-refractivity contribution in [3.05, 3.63) is 46.1 Å². The molecule has 0 aliphatic carbocycles. The molecule has 6 heteroatoms. The summed E-state index contributed by atoms with van der Waals surface area (Å²) in [6.07, 6.45) is 0.820. The molecule has 0 aliphatic heterocycles. The third-order valence-corrected chi connectivity index (χ3v) is 4.14. The van der Waals surface area contributed by atoms with Gasteiger partial charge in [-0.1, -0.05) is 25.1 Å². The lowest BCUT2D eigenvalue weighted by Gasteiger charge is -2.15. The number of imidazole rings is 1. The van der Waals surface area contributed by atoms with Gasteiger partial charge in [-0.05, 0) is 31.6 Å². The van der Waals surface area contributed by atoms with Gasteiger partial charge in [0.2, 0.25) is 0 Å². The van der Waals surface area contributed by atoms with E-state index in [-0.39, 0.29) is 11.9 Å². The van der Waals surface area contributed by atoms with E-state index in [2.05, 4.69) is 17.0 Å². The molecule has 1 atom stereocenters. The van der Waals surface area contributed by atoms with Gasteiger partial charge in [-0.15, -0.1) is 0 Å². The number of aromatic nitrogens is 4. The summed E-state index contributed by atoms with van der Waals surface area (Å²) in [5.74, 6) is -0.223. The van der Waals surface area contributed by atoms with E-state index in [0.717, 1.165) is 23.3 Å². The minimum absolute atomic E-state index is 0.201. The van der Waals surface area contributed by atoms with Crippen LogP contribution in [0.25, 0.3) is 11.2 Å². The maximum Gasteiger partial charge on any atom is 0.179 e. The first-order valence-corrected chi connectivity index (χ1v) is 7.36. The standard InChI is InChI=1S/C15H17FN4S/c1-4-12-13-14(19(3)18-12)20(15(21)17-13)9(2)10-7-5-6-8-11(10)16/h5-9H,4H2,1-3H3,(H,17,21). The van der Waals surface area contributed by atoms with Crippen molar-refractivity contribution >= 4 is 23.4 Å². The van der Waals surface area contributed by atoms with Gasteiger partial charge in [0.1, 0.15) is 11.3 Å². The van der Waals surface area contributed by atoms with Crippen LogP contribution in [0.1, 0.15) is 31.1 Å². The SMILES string of the molecule is CCc1nn(C)c2c1[nH]c(=S)n2C(C)c1ccccc1F. The highest BCUT2D eigenvalue weighted by atomic mass is 32.1. The van der Waals surface area contributed by atoms with Crippen molar-refractivity contribution in [3.8, 4) is 0 Å². The second kappa shape index (κ2) is 5.11. The number of nitrogens with one attached hydrogen (secondary N) is 1. The fraction of sp³-hybridized carbons (Fsp3) is 0.333. The van der Waals surface area contributed by atoms with Gasteiger partial charge in [0.15, 0.2) is 10.4 Å². The van der Waals surface area contributed by atoms with Gasteiger partial charge in [-0.3, -0.25) is 9.25 Å². The molecule has 0 spiro atoms. The van der Waals surface area contributed by atoms with E-state index in [1.165, 1.54) is 6.07 Å². The smallest absolute Gasteiger partial charge is 0.179 e. The fourth-order valence-electron chi connectivity index (χ4n) is 2.80. The minimum atomic E-state index is -0.223. The molecule has 3 rings (SSSR count). The van der Waals surface area contributed by atoms with E-state index in [1.54, 1.807) is 16.8 Å². The van der Waals surface area contributed by atoms with Crippen molar-refractivity contribution in [2.75, 3.05) is 0 Å². The number of halogens is 1. The van der Waals surface area contributed by atoms with Gasteiger partial charge >= 0.3 is 0 Å². The van der Waals surface area contributed by atoms with Crippen molar-refractivity contribution in [2.45, 2.75) is 26.3 Å². The van der Waals surface area contributed by atoms with Crippen LogP contribution in [0.3, 0.4) is 0 Å². The molecular weight excluding hydrogens is 287 g/mol. The zero-order valence-electron chi connectivity index (χ0n) is 12.2. The van der Waals surface area contributed by atoms with Crippen molar-refractivity contribution in [1.82, 2.24) is 19.3 Å². The normalized spacial score (nSPS) is 13.0. The van der Waals surface area contributed by atoms with Crippen LogP contribution in [-0.4, -0.2) is 19.3 Å². The number of aromatic amines is 1. The Bertz CT molecular complexity index is 858. The number of fused-ring (bicyclic) bond motifs is 1. The lowest BCUT2D eigenvalue weighted by Crippen LogP contribution is -2.11. The molecule has 110 valence electrons. The predicted octanol–water partition coefficient (Wildman–Crippen LogP) is 3.74. The van der Waals surface area contributed by atoms with Crippen LogP contribution < -0.4 is 0 Å². The summed E-state index contributed by atoms with van der Waals surface area (Å²) >= 11 is 5.44. The Kier molecular flexibility index (Phi) is 3.41. The fourth-order valence-corrected chi connectivity index (χ4v) is 3.14. The van der Waals surface area contributed by atoms with E-state index < -0.39 is 0 Å². The quantitative estimate of drug-likeness (QED) is 0.749. The third-order valence-electron chi connectivity index (χ3n) is 3.85. The molecule has 1 N–H and O–H groups in total. The molecule has 1 unspecified atom stereocenters. The molecule has 0 saturated heterocycles. The van der Waals surface area contributed by atoms with Crippen LogP contribution >= 0.6 is 12.2 Å². The van der Waals surface area contributed by atoms with Gasteiger partial charge in [-0.25, -0.2) is 4.39 Å². The summed E-state index contributed by atoms with van der Waals surface area (Å²) in [4.78, 5) is 3.21. The Balaban J connectivity index is 2.25. The van der Waals surface area contributed by atoms with Crippen LogP contribution in [0.2, 0.25) is 0 Å². The summed E-state index contributed by atoms with van der Waals surface area (Å²) in [5.41, 5.74) is 3.42. The first kappa shape index (κ1) is 14.0. The zero-order valence-corrected chi connectivity index (χ0v) is 13.0. The van der Waals surface area contributed by atoms with Crippen LogP contribution in [0.15, 0.2) is 24.3 Å². The molecular formula is C15H17FN4S. The molecule has 0 amide bonds. The second-order valence-corrected chi connectivity index (χ2v) is 5.51. The number of hydrogen-bond donors (Lipinski definition) is 1. The van der Waals surface area contributed by atoms with Crippen LogP contribution in [0, 0.1) is 10.6 Å². The Hall–Kier alpha value is -1.95. The number of aryl methyl sites for hydroxylation is 2. The van der Waals surface area contributed by atoms with E-state index in [9.17, 15) is 4.39 Å². The lowest BCUT2D eigenvalue weighted by atomic mass is 10.1. The zero-order chi connectivity index (χ0) is 15.1. The monoisotopic (exact) mass is 304 g/mol. The average molecular weight is 304 g/mol. The molecule has 21 heavy (non-hydrogen) atoms. The van der Waals surface area contributed by atoms with E-state index in [1.807, 2.05) is 24.6 Å². The molecule has 1 aromatic carbocycles. The van der Waals surface area contributed by atoms with Crippen molar-refractivity contribution < 1.29 is 4.39 Å². The van der Waals surface area contributed by atoms with Crippen molar-refractivity contribution in [2.24, 2.45) is 7.05 Å². The van der Waals surface area contributed by atoms with Gasteiger partial charge in [0.25, 0.3) is 0 Å². The molecule has 0 radical (unpaired) electrons. The largest absolute Gasteiger partial charge is 0.328 e. The molecule has 0 bridgehead atoms. The summed E-state index contributed by atoms with van der Waals surface area (Å²) < 4.78 is 18.4. The first-order chi connectivity index (χ1) is 10.0. The van der Waals surface area contributed by atoms with Crippen molar-refractivity contribution in [3.63, 3.8) is 0 Å². The summed E-state index contributed by atoms with van der Waals surface area (Å²) in [7, 11) is 1.88. The number of benzene rings is 1. The molecule has 0 fully saturated rings. The Morgan fingerprint density at radius 3 is 2.76 bits per heavy atom. The molecule has 0 saturated carbocycles. The Morgan fingerprint density at radius 2 is 2.10 bits per heavy atom. The number of nitrogens with zero attached hydrogens (tertiary/aromatic N) is 3. The van der Waals surface area contributed by atoms with Gasteiger partial charge < -0.3 is 4.98 Å². The van der Waals surface area contributed by atoms with E-state index in [0.29, 0.717) is 10.3 Å². The average Bonchev–Trinajstić information content (AvgIpc) is 2.95. The molecule has 3 aromatic rings.